The van der Waals surface area contributed by atoms with E-state index in [0.717, 1.165) is 22.9 Å². The minimum Gasteiger partial charge on any atom is -0.366 e. The van der Waals surface area contributed by atoms with Gasteiger partial charge in [0, 0.05) is 29.7 Å². The molecule has 1 heterocycles. The van der Waals surface area contributed by atoms with E-state index in [1.165, 1.54) is 49.8 Å². The molecule has 1 saturated heterocycles. The Balaban J connectivity index is 1.90. The largest absolute Gasteiger partial charge is 0.366 e. The lowest BCUT2D eigenvalue weighted by molar-refractivity contribution is -0.927. The van der Waals surface area contributed by atoms with Gasteiger partial charge in [-0.25, -0.2) is 0 Å². The van der Waals surface area contributed by atoms with Gasteiger partial charge in [0.15, 0.2) is 0 Å². The van der Waals surface area contributed by atoms with Crippen molar-refractivity contribution in [3.63, 3.8) is 0 Å². The molecule has 3 heteroatoms. The van der Waals surface area contributed by atoms with Crippen LogP contribution >= 0.6 is 0 Å². The highest BCUT2D eigenvalue weighted by atomic mass is 16.1. The second kappa shape index (κ2) is 4.58. The van der Waals surface area contributed by atoms with Crippen LogP contribution in [0.4, 0.5) is 0 Å². The van der Waals surface area contributed by atoms with Gasteiger partial charge in [-0.1, -0.05) is 18.9 Å². The van der Waals surface area contributed by atoms with Crippen LogP contribution in [0.2, 0.25) is 0 Å². The summed E-state index contributed by atoms with van der Waals surface area (Å²) in [6, 6.07) is 6.98. The zero-order valence-electron chi connectivity index (χ0n) is 13.8. The van der Waals surface area contributed by atoms with Crippen LogP contribution in [-0.2, 0) is 11.8 Å². The van der Waals surface area contributed by atoms with E-state index in [9.17, 15) is 4.79 Å². The van der Waals surface area contributed by atoms with Crippen LogP contribution in [0.1, 0.15) is 53.6 Å². The summed E-state index contributed by atoms with van der Waals surface area (Å²) in [5.41, 5.74) is 9.48. The standard InChI is InChI=1S/C19H26N2O/c1-21(2)10-9-19-8-4-3-5-15(19)17(21)12-13-6-7-14(18(20)22)11-16(13)19/h6-7,11,15,17H,3-5,8-10,12H2,1-2H3,(H-,20,22)/p+1. The minimum atomic E-state index is -0.291. The van der Waals surface area contributed by atoms with Crippen LogP contribution in [-0.4, -0.2) is 37.1 Å². The Morgan fingerprint density at radius 3 is 2.86 bits per heavy atom. The van der Waals surface area contributed by atoms with Crippen molar-refractivity contribution in [3.8, 4) is 0 Å². The van der Waals surface area contributed by atoms with Gasteiger partial charge in [0.2, 0.25) is 5.91 Å². The number of nitrogens with two attached hydrogens (primary N) is 1. The van der Waals surface area contributed by atoms with E-state index in [-0.39, 0.29) is 5.91 Å². The molecular formula is C19H27N2O+. The smallest absolute Gasteiger partial charge is 0.248 e. The molecule has 3 unspecified atom stereocenters. The van der Waals surface area contributed by atoms with E-state index < -0.39 is 0 Å². The lowest BCUT2D eigenvalue weighted by atomic mass is 9.52. The first kappa shape index (κ1) is 14.3. The number of nitrogens with zero attached hydrogens (tertiary/aromatic N) is 1. The highest BCUT2D eigenvalue weighted by Gasteiger charge is 2.57. The fraction of sp³-hybridized carbons (Fsp3) is 0.632. The molecule has 0 radical (unpaired) electrons. The summed E-state index contributed by atoms with van der Waals surface area (Å²) >= 11 is 0. The monoisotopic (exact) mass is 299 g/mol. The second-order valence-electron chi connectivity index (χ2n) is 8.27. The molecule has 1 aliphatic heterocycles. The number of quaternary nitrogens is 1. The molecule has 0 spiro atoms. The number of fused-ring (bicyclic) bond motifs is 1. The van der Waals surface area contributed by atoms with Crippen molar-refractivity contribution in [3.05, 3.63) is 34.9 Å². The summed E-state index contributed by atoms with van der Waals surface area (Å²) in [5.74, 6) is 0.487. The summed E-state index contributed by atoms with van der Waals surface area (Å²) in [4.78, 5) is 11.6. The average molecular weight is 299 g/mol. The number of hydrogen-bond acceptors (Lipinski definition) is 1. The molecular weight excluding hydrogens is 272 g/mol. The van der Waals surface area contributed by atoms with Crippen LogP contribution in [0.3, 0.4) is 0 Å². The van der Waals surface area contributed by atoms with E-state index in [2.05, 4.69) is 26.2 Å². The second-order valence-corrected chi connectivity index (χ2v) is 8.27. The number of hydrogen-bond donors (Lipinski definition) is 1. The molecule has 3 atom stereocenters. The first-order valence-electron chi connectivity index (χ1n) is 8.70. The molecule has 3 nitrogen and oxygen atoms in total. The zero-order chi connectivity index (χ0) is 15.5. The van der Waals surface area contributed by atoms with Crippen molar-refractivity contribution in [2.75, 3.05) is 20.6 Å². The van der Waals surface area contributed by atoms with Gasteiger partial charge in [-0.2, -0.15) is 0 Å². The van der Waals surface area contributed by atoms with Crippen molar-refractivity contribution in [2.45, 2.75) is 50.0 Å². The molecule has 2 aliphatic carbocycles. The SMILES string of the molecule is C[N+]1(C)CCC23CCCCC2C1Cc1ccc(C(N)=O)cc13. The van der Waals surface area contributed by atoms with E-state index >= 15 is 0 Å². The van der Waals surface area contributed by atoms with Crippen molar-refractivity contribution in [1.82, 2.24) is 0 Å². The molecule has 1 amide bonds. The minimum absolute atomic E-state index is 0.291. The number of carbonyl (C=O) groups is 1. The number of carbonyl (C=O) groups excluding carboxylic acids is 1. The highest BCUT2D eigenvalue weighted by Crippen LogP contribution is 2.56. The van der Waals surface area contributed by atoms with Crippen molar-refractivity contribution in [2.24, 2.45) is 11.7 Å². The number of likely N-dealkylation sites (tertiary alicyclic amines) is 1. The molecule has 118 valence electrons. The van der Waals surface area contributed by atoms with Gasteiger partial charge in [0.05, 0.1) is 26.7 Å². The third-order valence-corrected chi connectivity index (χ3v) is 6.95. The predicted octanol–water partition coefficient (Wildman–Crippen LogP) is 2.62. The Kier molecular flexibility index (Phi) is 2.96. The van der Waals surface area contributed by atoms with Gasteiger partial charge in [-0.3, -0.25) is 4.79 Å². The Morgan fingerprint density at radius 1 is 1.27 bits per heavy atom. The summed E-state index contributed by atoms with van der Waals surface area (Å²) in [6.07, 6.45) is 7.77. The normalized spacial score (nSPS) is 35.4. The quantitative estimate of drug-likeness (QED) is 0.796. The number of rotatable bonds is 1. The Morgan fingerprint density at radius 2 is 2.09 bits per heavy atom. The van der Waals surface area contributed by atoms with Crippen molar-refractivity contribution >= 4 is 5.91 Å². The maximum Gasteiger partial charge on any atom is 0.248 e. The van der Waals surface area contributed by atoms with Crippen molar-refractivity contribution in [1.29, 1.82) is 0 Å². The Labute approximate surface area is 133 Å². The van der Waals surface area contributed by atoms with Crippen LogP contribution in [0.25, 0.3) is 0 Å². The highest BCUT2D eigenvalue weighted by molar-refractivity contribution is 5.93. The predicted molar refractivity (Wildman–Crippen MR) is 87.7 cm³/mol. The van der Waals surface area contributed by atoms with Gasteiger partial charge < -0.3 is 10.2 Å². The average Bonchev–Trinajstić information content (AvgIpc) is 2.51. The Hall–Kier alpha value is -1.35. The molecule has 1 aromatic rings. The summed E-state index contributed by atoms with van der Waals surface area (Å²) in [7, 11) is 4.82. The Bertz CT molecular complexity index is 636. The molecule has 2 fully saturated rings. The third-order valence-electron chi connectivity index (χ3n) is 6.95. The molecule has 2 N–H and O–H groups in total. The fourth-order valence-electron chi connectivity index (χ4n) is 5.73. The van der Waals surface area contributed by atoms with Gasteiger partial charge in [-0.05, 0) is 36.1 Å². The number of primary amides is 1. The van der Waals surface area contributed by atoms with E-state index in [1.807, 2.05) is 6.07 Å². The molecule has 0 aromatic heterocycles. The number of likely N-dealkylation sites (N-methyl/N-ethyl adjacent to an activating group) is 1. The number of amides is 1. The van der Waals surface area contributed by atoms with Gasteiger partial charge in [0.1, 0.15) is 0 Å². The molecule has 3 aliphatic rings. The van der Waals surface area contributed by atoms with Crippen molar-refractivity contribution < 1.29 is 9.28 Å². The third kappa shape index (κ3) is 1.81. The topological polar surface area (TPSA) is 43.1 Å². The van der Waals surface area contributed by atoms with Gasteiger partial charge in [0.25, 0.3) is 0 Å². The molecule has 2 bridgehead atoms. The van der Waals surface area contributed by atoms with E-state index in [0.29, 0.717) is 11.0 Å². The number of piperidine rings is 1. The fourth-order valence-corrected chi connectivity index (χ4v) is 5.73. The van der Waals surface area contributed by atoms with Gasteiger partial charge >= 0.3 is 0 Å². The van der Waals surface area contributed by atoms with E-state index in [4.69, 9.17) is 5.73 Å². The zero-order valence-corrected chi connectivity index (χ0v) is 13.8. The summed E-state index contributed by atoms with van der Waals surface area (Å²) < 4.78 is 1.16. The van der Waals surface area contributed by atoms with E-state index in [1.54, 1.807) is 0 Å². The molecule has 1 aromatic carbocycles. The molecule has 4 rings (SSSR count). The van der Waals surface area contributed by atoms with Gasteiger partial charge in [-0.15, -0.1) is 0 Å². The summed E-state index contributed by atoms with van der Waals surface area (Å²) in [5, 5.41) is 0. The maximum absolute atomic E-state index is 11.6. The maximum atomic E-state index is 11.6. The van der Waals surface area contributed by atoms with Crippen LogP contribution in [0.15, 0.2) is 18.2 Å². The van der Waals surface area contributed by atoms with Crippen LogP contribution < -0.4 is 5.73 Å². The summed E-state index contributed by atoms with van der Waals surface area (Å²) in [6.45, 7) is 1.25. The van der Waals surface area contributed by atoms with Crippen LogP contribution in [0.5, 0.6) is 0 Å². The first-order chi connectivity index (χ1) is 10.4. The number of benzene rings is 1. The molecule has 22 heavy (non-hydrogen) atoms. The lowest BCUT2D eigenvalue weighted by Gasteiger charge is -2.60. The molecule has 1 saturated carbocycles. The van der Waals surface area contributed by atoms with Crippen LogP contribution in [0, 0.1) is 5.92 Å². The lowest BCUT2D eigenvalue weighted by Crippen LogP contribution is -2.66. The first-order valence-corrected chi connectivity index (χ1v) is 8.70.